The van der Waals surface area contributed by atoms with Crippen molar-refractivity contribution in [2.24, 2.45) is 0 Å². The number of hydrogen-bond acceptors (Lipinski definition) is 6. The molecule has 0 saturated heterocycles. The van der Waals surface area contributed by atoms with Gasteiger partial charge in [-0.25, -0.2) is 18.1 Å². The zero-order valence-electron chi connectivity index (χ0n) is 12.0. The average molecular weight is 329 g/mol. The molecule has 0 atom stereocenters. The lowest BCUT2D eigenvalue weighted by atomic mass is 10.4. The van der Waals surface area contributed by atoms with Crippen LogP contribution in [0.3, 0.4) is 0 Å². The summed E-state index contributed by atoms with van der Waals surface area (Å²) in [6.07, 6.45) is 3.81. The number of aromatic nitrogens is 3. The van der Waals surface area contributed by atoms with Crippen LogP contribution >= 0.6 is 11.3 Å². The van der Waals surface area contributed by atoms with E-state index in [-0.39, 0.29) is 11.4 Å². The Morgan fingerprint density at radius 2 is 2.24 bits per heavy atom. The summed E-state index contributed by atoms with van der Waals surface area (Å²) >= 11 is 1.50. The van der Waals surface area contributed by atoms with Gasteiger partial charge in [0.15, 0.2) is 0 Å². The summed E-state index contributed by atoms with van der Waals surface area (Å²) in [7, 11) is -1.67. The van der Waals surface area contributed by atoms with Gasteiger partial charge < -0.3 is 5.32 Å². The molecule has 0 radical (unpaired) electrons. The first-order valence-corrected chi connectivity index (χ1v) is 8.95. The molecule has 0 aromatic carbocycles. The number of hydrogen-bond donors (Lipinski definition) is 2. The Balaban J connectivity index is 1.95. The number of nitrogens with one attached hydrogen (secondary N) is 2. The summed E-state index contributed by atoms with van der Waals surface area (Å²) < 4.78 is 28.5. The Kier molecular flexibility index (Phi) is 5.45. The molecule has 2 heterocycles. The molecule has 2 aromatic rings. The van der Waals surface area contributed by atoms with Gasteiger partial charge in [-0.15, -0.1) is 11.3 Å². The highest BCUT2D eigenvalue weighted by molar-refractivity contribution is 7.89. The molecule has 9 heteroatoms. The fourth-order valence-electron chi connectivity index (χ4n) is 1.77. The first-order valence-electron chi connectivity index (χ1n) is 6.59. The second-order valence-electron chi connectivity index (χ2n) is 4.58. The highest BCUT2D eigenvalue weighted by Gasteiger charge is 2.16. The minimum atomic E-state index is -3.54. The SMILES string of the molecule is CNCCCn1cc(S(=O)(=O)NCc2csc(C)n2)cn1. The quantitative estimate of drug-likeness (QED) is 0.697. The van der Waals surface area contributed by atoms with Crippen LogP contribution in [0.4, 0.5) is 0 Å². The molecule has 0 fully saturated rings. The molecule has 0 saturated carbocycles. The first-order chi connectivity index (χ1) is 10.0. The number of nitrogens with zero attached hydrogens (tertiary/aromatic N) is 3. The molecule has 0 unspecified atom stereocenters. The zero-order valence-corrected chi connectivity index (χ0v) is 13.7. The topological polar surface area (TPSA) is 88.9 Å². The van der Waals surface area contributed by atoms with Crippen molar-refractivity contribution in [1.82, 2.24) is 24.8 Å². The molecule has 2 aromatic heterocycles. The van der Waals surface area contributed by atoms with E-state index in [0.717, 1.165) is 23.7 Å². The van der Waals surface area contributed by atoms with Gasteiger partial charge in [-0.2, -0.15) is 5.10 Å². The van der Waals surface area contributed by atoms with Gasteiger partial charge >= 0.3 is 0 Å². The third kappa shape index (κ3) is 4.60. The Morgan fingerprint density at radius 1 is 1.43 bits per heavy atom. The van der Waals surface area contributed by atoms with E-state index in [1.54, 1.807) is 10.9 Å². The van der Waals surface area contributed by atoms with Crippen LogP contribution in [-0.2, 0) is 23.1 Å². The smallest absolute Gasteiger partial charge is 0.244 e. The Labute approximate surface area is 128 Å². The number of rotatable bonds is 8. The molecule has 0 bridgehead atoms. The minimum absolute atomic E-state index is 0.180. The lowest BCUT2D eigenvalue weighted by Crippen LogP contribution is -2.23. The second kappa shape index (κ2) is 7.12. The van der Waals surface area contributed by atoms with E-state index in [1.165, 1.54) is 17.5 Å². The van der Waals surface area contributed by atoms with Crippen LogP contribution in [0.1, 0.15) is 17.1 Å². The first kappa shape index (κ1) is 16.1. The summed E-state index contributed by atoms with van der Waals surface area (Å²) in [6, 6.07) is 0. The lowest BCUT2D eigenvalue weighted by Gasteiger charge is -2.02. The third-order valence-corrected chi connectivity index (χ3v) is 5.02. The highest BCUT2D eigenvalue weighted by Crippen LogP contribution is 2.11. The monoisotopic (exact) mass is 329 g/mol. The maximum atomic E-state index is 12.2. The van der Waals surface area contributed by atoms with Gasteiger partial charge in [0.2, 0.25) is 10.0 Å². The van der Waals surface area contributed by atoms with E-state index >= 15 is 0 Å². The van der Waals surface area contributed by atoms with Gasteiger partial charge in [0, 0.05) is 18.1 Å². The number of aryl methyl sites for hydroxylation is 2. The largest absolute Gasteiger partial charge is 0.320 e. The number of thiazole rings is 1. The molecule has 0 spiro atoms. The van der Waals surface area contributed by atoms with E-state index in [1.807, 2.05) is 19.4 Å². The molecule has 0 aliphatic heterocycles. The van der Waals surface area contributed by atoms with Crippen molar-refractivity contribution < 1.29 is 8.42 Å². The standard InChI is InChI=1S/C12H19N5O2S2/c1-10-16-11(9-20-10)6-15-21(18,19)12-7-14-17(8-12)5-3-4-13-2/h7-9,13,15H,3-6H2,1-2H3. The summed E-state index contributed by atoms with van der Waals surface area (Å²) in [6.45, 7) is 3.63. The zero-order chi connectivity index (χ0) is 15.3. The van der Waals surface area contributed by atoms with Crippen LogP contribution < -0.4 is 10.0 Å². The fourth-order valence-corrected chi connectivity index (χ4v) is 3.33. The summed E-state index contributed by atoms with van der Waals surface area (Å²) in [5, 5.41) is 9.87. The predicted molar refractivity (Wildman–Crippen MR) is 81.6 cm³/mol. The van der Waals surface area contributed by atoms with Gasteiger partial charge in [0.05, 0.1) is 23.4 Å². The maximum Gasteiger partial charge on any atom is 0.244 e. The molecule has 0 aliphatic carbocycles. The molecular weight excluding hydrogens is 310 g/mol. The molecule has 0 amide bonds. The molecule has 2 N–H and O–H groups in total. The maximum absolute atomic E-state index is 12.2. The van der Waals surface area contributed by atoms with Crippen LogP contribution in [-0.4, -0.2) is 36.8 Å². The van der Waals surface area contributed by atoms with Crippen LogP contribution in [0.25, 0.3) is 0 Å². The predicted octanol–water partition coefficient (Wildman–Crippen LogP) is 0.736. The second-order valence-corrected chi connectivity index (χ2v) is 7.41. The molecule has 7 nitrogen and oxygen atoms in total. The third-order valence-electron chi connectivity index (χ3n) is 2.84. The van der Waals surface area contributed by atoms with Crippen molar-refractivity contribution in [2.75, 3.05) is 13.6 Å². The van der Waals surface area contributed by atoms with Gasteiger partial charge in [0.25, 0.3) is 0 Å². The van der Waals surface area contributed by atoms with Crippen molar-refractivity contribution in [3.63, 3.8) is 0 Å². The highest BCUT2D eigenvalue weighted by atomic mass is 32.2. The van der Waals surface area contributed by atoms with Crippen molar-refractivity contribution in [2.45, 2.75) is 31.3 Å². The van der Waals surface area contributed by atoms with E-state index in [4.69, 9.17) is 0 Å². The molecule has 116 valence electrons. The molecule has 2 rings (SSSR count). The number of sulfonamides is 1. The minimum Gasteiger partial charge on any atom is -0.320 e. The summed E-state index contributed by atoms with van der Waals surface area (Å²) in [5.41, 5.74) is 0.725. The van der Waals surface area contributed by atoms with E-state index < -0.39 is 10.0 Å². The van der Waals surface area contributed by atoms with Gasteiger partial charge in [-0.1, -0.05) is 0 Å². The van der Waals surface area contributed by atoms with Crippen molar-refractivity contribution in [1.29, 1.82) is 0 Å². The summed E-state index contributed by atoms with van der Waals surface area (Å²) in [5.74, 6) is 0. The van der Waals surface area contributed by atoms with Gasteiger partial charge in [-0.05, 0) is 26.9 Å². The van der Waals surface area contributed by atoms with Gasteiger partial charge in [-0.3, -0.25) is 4.68 Å². The average Bonchev–Trinajstić information content (AvgIpc) is 3.06. The van der Waals surface area contributed by atoms with Crippen LogP contribution in [0.15, 0.2) is 22.7 Å². The molecule has 0 aliphatic rings. The van der Waals surface area contributed by atoms with Crippen LogP contribution in [0, 0.1) is 6.92 Å². The normalized spacial score (nSPS) is 11.9. The van der Waals surface area contributed by atoms with E-state index in [9.17, 15) is 8.42 Å². The Hall–Kier alpha value is -1.29. The van der Waals surface area contributed by atoms with Crippen LogP contribution in [0.5, 0.6) is 0 Å². The van der Waals surface area contributed by atoms with Gasteiger partial charge in [0.1, 0.15) is 4.90 Å². The summed E-state index contributed by atoms with van der Waals surface area (Å²) in [4.78, 5) is 4.41. The molecule has 21 heavy (non-hydrogen) atoms. The van der Waals surface area contributed by atoms with Crippen molar-refractivity contribution in [3.05, 3.63) is 28.5 Å². The van der Waals surface area contributed by atoms with E-state index in [0.29, 0.717) is 6.54 Å². The Morgan fingerprint density at radius 3 is 2.90 bits per heavy atom. The molecular formula is C12H19N5O2S2. The van der Waals surface area contributed by atoms with E-state index in [2.05, 4.69) is 20.1 Å². The van der Waals surface area contributed by atoms with Crippen molar-refractivity contribution in [3.8, 4) is 0 Å². The van der Waals surface area contributed by atoms with Crippen LogP contribution in [0.2, 0.25) is 0 Å². The Bertz CT molecular complexity index is 677. The lowest BCUT2D eigenvalue weighted by molar-refractivity contribution is 0.560. The fraction of sp³-hybridized carbons (Fsp3) is 0.500. The van der Waals surface area contributed by atoms with Crippen molar-refractivity contribution >= 4 is 21.4 Å².